The highest BCUT2D eigenvalue weighted by Crippen LogP contribution is 2.24. The van der Waals surface area contributed by atoms with Crippen LogP contribution >= 0.6 is 0 Å². The Bertz CT molecular complexity index is 571. The molecule has 80 valence electrons. The van der Waals surface area contributed by atoms with E-state index in [0.29, 0.717) is 0 Å². The second kappa shape index (κ2) is 3.86. The van der Waals surface area contributed by atoms with Crippen LogP contribution in [0.4, 0.5) is 0 Å². The molecule has 0 bridgehead atoms. The summed E-state index contributed by atoms with van der Waals surface area (Å²) < 4.78 is 2.06. The van der Waals surface area contributed by atoms with Gasteiger partial charge in [0.1, 0.15) is 6.07 Å². The summed E-state index contributed by atoms with van der Waals surface area (Å²) >= 11 is 0. The number of aromatic nitrogens is 1. The first-order valence-corrected chi connectivity index (χ1v) is 5.27. The number of rotatable bonds is 1. The number of hydrogen-bond donors (Lipinski definition) is 0. The number of hydrogen-bond acceptors (Lipinski definition) is 1. The lowest BCUT2D eigenvalue weighted by atomic mass is 10.1. The van der Waals surface area contributed by atoms with Crippen LogP contribution in [-0.2, 0) is 7.05 Å². The molecule has 2 rings (SSSR count). The Labute approximate surface area is 95.8 Å². The fourth-order valence-electron chi connectivity index (χ4n) is 1.89. The summed E-state index contributed by atoms with van der Waals surface area (Å²) in [5.41, 5.74) is 5.25. The van der Waals surface area contributed by atoms with E-state index in [4.69, 9.17) is 5.26 Å². The predicted octanol–water partition coefficient (Wildman–Crippen LogP) is 3.18. The summed E-state index contributed by atoms with van der Waals surface area (Å²) in [5, 5.41) is 8.99. The van der Waals surface area contributed by atoms with E-state index in [-0.39, 0.29) is 0 Å². The van der Waals surface area contributed by atoms with Crippen molar-refractivity contribution in [3.8, 4) is 17.3 Å². The molecule has 0 unspecified atom stereocenters. The zero-order valence-electron chi connectivity index (χ0n) is 9.78. The molecule has 2 aromatic rings. The number of nitrogens with zero attached hydrogens (tertiary/aromatic N) is 2. The monoisotopic (exact) mass is 210 g/mol. The highest BCUT2D eigenvalue weighted by molar-refractivity contribution is 5.64. The van der Waals surface area contributed by atoms with Crippen molar-refractivity contribution < 1.29 is 0 Å². The van der Waals surface area contributed by atoms with E-state index in [2.05, 4.69) is 35.8 Å². The Morgan fingerprint density at radius 2 is 1.94 bits per heavy atom. The normalized spacial score (nSPS) is 10.1. The Kier molecular flexibility index (Phi) is 2.54. The van der Waals surface area contributed by atoms with Gasteiger partial charge in [-0.3, -0.25) is 0 Å². The molecule has 0 aliphatic rings. The molecule has 1 aromatic carbocycles. The molecule has 0 spiro atoms. The lowest BCUT2D eigenvalue weighted by Crippen LogP contribution is -1.94. The molecule has 0 atom stereocenters. The van der Waals surface area contributed by atoms with Crippen LogP contribution in [0.5, 0.6) is 0 Å². The van der Waals surface area contributed by atoms with Crippen molar-refractivity contribution in [3.63, 3.8) is 0 Å². The van der Waals surface area contributed by atoms with Gasteiger partial charge < -0.3 is 4.57 Å². The van der Waals surface area contributed by atoms with Gasteiger partial charge in [-0.25, -0.2) is 0 Å². The van der Waals surface area contributed by atoms with Crippen molar-refractivity contribution in [1.82, 2.24) is 4.57 Å². The lowest BCUT2D eigenvalue weighted by Gasteiger charge is -2.05. The number of benzene rings is 1. The van der Waals surface area contributed by atoms with Gasteiger partial charge in [0.25, 0.3) is 0 Å². The van der Waals surface area contributed by atoms with Gasteiger partial charge in [-0.2, -0.15) is 5.26 Å². The predicted molar refractivity (Wildman–Crippen MR) is 65.0 cm³/mol. The van der Waals surface area contributed by atoms with Gasteiger partial charge in [-0.1, -0.05) is 23.8 Å². The maximum atomic E-state index is 8.99. The van der Waals surface area contributed by atoms with Gasteiger partial charge in [-0.15, -0.1) is 0 Å². The molecule has 1 heterocycles. The third-order valence-corrected chi connectivity index (χ3v) is 2.97. The molecule has 16 heavy (non-hydrogen) atoms. The van der Waals surface area contributed by atoms with E-state index >= 15 is 0 Å². The van der Waals surface area contributed by atoms with Gasteiger partial charge >= 0.3 is 0 Å². The molecule has 0 aliphatic carbocycles. The first-order chi connectivity index (χ1) is 7.63. The molecule has 0 fully saturated rings. The summed E-state index contributed by atoms with van der Waals surface area (Å²) in [4.78, 5) is 0. The highest BCUT2D eigenvalue weighted by atomic mass is 15.0. The molecule has 2 heteroatoms. The molecular weight excluding hydrogens is 196 g/mol. The number of nitriles is 1. The third-order valence-electron chi connectivity index (χ3n) is 2.97. The van der Waals surface area contributed by atoms with Crippen molar-refractivity contribution in [3.05, 3.63) is 47.2 Å². The Balaban J connectivity index is 2.62. The molecule has 2 nitrogen and oxygen atoms in total. The summed E-state index contributed by atoms with van der Waals surface area (Å²) in [5.74, 6) is 0. The Morgan fingerprint density at radius 3 is 2.50 bits per heavy atom. The molecular formula is C14H14N2. The van der Waals surface area contributed by atoms with E-state index in [0.717, 1.165) is 22.5 Å². The highest BCUT2D eigenvalue weighted by Gasteiger charge is 2.09. The molecule has 0 radical (unpaired) electrons. The van der Waals surface area contributed by atoms with Gasteiger partial charge in [0.2, 0.25) is 0 Å². The zero-order chi connectivity index (χ0) is 11.7. The van der Waals surface area contributed by atoms with Crippen molar-refractivity contribution in [2.75, 3.05) is 0 Å². The van der Waals surface area contributed by atoms with E-state index in [1.807, 2.05) is 26.1 Å². The van der Waals surface area contributed by atoms with E-state index in [1.165, 1.54) is 5.56 Å². The second-order valence-electron chi connectivity index (χ2n) is 4.07. The van der Waals surface area contributed by atoms with Crippen LogP contribution in [0.1, 0.15) is 16.8 Å². The smallest absolute Gasteiger partial charge is 0.101 e. The van der Waals surface area contributed by atoms with Crippen LogP contribution < -0.4 is 0 Å². The van der Waals surface area contributed by atoms with E-state index in [9.17, 15) is 0 Å². The van der Waals surface area contributed by atoms with E-state index < -0.39 is 0 Å². The molecule has 0 amide bonds. The summed E-state index contributed by atoms with van der Waals surface area (Å²) in [6, 6.07) is 12.5. The lowest BCUT2D eigenvalue weighted by molar-refractivity contribution is 0.888. The maximum Gasteiger partial charge on any atom is 0.101 e. The minimum atomic E-state index is 0.749. The quantitative estimate of drug-likeness (QED) is 0.710. The fraction of sp³-hybridized carbons (Fsp3) is 0.214. The van der Waals surface area contributed by atoms with Crippen LogP contribution in [0.3, 0.4) is 0 Å². The van der Waals surface area contributed by atoms with Gasteiger partial charge in [-0.05, 0) is 31.5 Å². The molecule has 0 saturated carbocycles. The van der Waals surface area contributed by atoms with E-state index in [1.54, 1.807) is 0 Å². The van der Waals surface area contributed by atoms with Crippen molar-refractivity contribution in [2.45, 2.75) is 13.8 Å². The average Bonchev–Trinajstić information content (AvgIpc) is 2.56. The van der Waals surface area contributed by atoms with Crippen LogP contribution in [0.2, 0.25) is 0 Å². The van der Waals surface area contributed by atoms with Crippen LogP contribution in [0.15, 0.2) is 30.3 Å². The van der Waals surface area contributed by atoms with Crippen LogP contribution in [0, 0.1) is 25.2 Å². The van der Waals surface area contributed by atoms with Gasteiger partial charge in [0.15, 0.2) is 0 Å². The van der Waals surface area contributed by atoms with Crippen LogP contribution in [0.25, 0.3) is 11.3 Å². The molecule has 0 aliphatic heterocycles. The van der Waals surface area contributed by atoms with Gasteiger partial charge in [0, 0.05) is 18.4 Å². The Morgan fingerprint density at radius 1 is 1.19 bits per heavy atom. The van der Waals surface area contributed by atoms with Crippen molar-refractivity contribution >= 4 is 0 Å². The number of aryl methyl sites for hydroxylation is 1. The first-order valence-electron chi connectivity index (χ1n) is 5.27. The third kappa shape index (κ3) is 1.61. The maximum absolute atomic E-state index is 8.99. The largest absolute Gasteiger partial charge is 0.347 e. The van der Waals surface area contributed by atoms with Gasteiger partial charge in [0.05, 0.1) is 5.56 Å². The summed E-state index contributed by atoms with van der Waals surface area (Å²) in [7, 11) is 1.99. The minimum Gasteiger partial charge on any atom is -0.347 e. The van der Waals surface area contributed by atoms with Crippen molar-refractivity contribution in [2.24, 2.45) is 7.05 Å². The minimum absolute atomic E-state index is 0.749. The molecule has 1 aromatic heterocycles. The summed E-state index contributed by atoms with van der Waals surface area (Å²) in [6.07, 6.45) is 0. The Hall–Kier alpha value is -2.01. The van der Waals surface area contributed by atoms with Crippen molar-refractivity contribution in [1.29, 1.82) is 5.26 Å². The van der Waals surface area contributed by atoms with Crippen LogP contribution in [-0.4, -0.2) is 4.57 Å². The summed E-state index contributed by atoms with van der Waals surface area (Å²) in [6.45, 7) is 4.04. The topological polar surface area (TPSA) is 28.7 Å². The molecule has 0 saturated heterocycles. The standard InChI is InChI=1S/C14H14N2/c1-10-5-4-6-12(7-10)14-8-13(9-15)11(2)16(14)3/h4-8H,1-3H3. The zero-order valence-corrected chi connectivity index (χ0v) is 9.78. The fourth-order valence-corrected chi connectivity index (χ4v) is 1.89. The first kappa shape index (κ1) is 10.5. The second-order valence-corrected chi connectivity index (χ2v) is 4.07. The molecule has 0 N–H and O–H groups in total. The average molecular weight is 210 g/mol. The SMILES string of the molecule is Cc1cccc(-c2cc(C#N)c(C)n2C)c1.